The van der Waals surface area contributed by atoms with Crippen LogP contribution in [0.4, 0.5) is 0 Å². The Morgan fingerprint density at radius 3 is 2.79 bits per heavy atom. The van der Waals surface area contributed by atoms with Crippen molar-refractivity contribution in [2.45, 2.75) is 50.2 Å². The lowest BCUT2D eigenvalue weighted by Gasteiger charge is -2.32. The van der Waals surface area contributed by atoms with Crippen LogP contribution in [0.25, 0.3) is 0 Å². The van der Waals surface area contributed by atoms with Gasteiger partial charge >= 0.3 is 0 Å². The molecule has 0 aromatic carbocycles. The van der Waals surface area contributed by atoms with Gasteiger partial charge in [-0.2, -0.15) is 5.11 Å². The van der Waals surface area contributed by atoms with E-state index in [1.165, 1.54) is 25.7 Å². The Morgan fingerprint density at radius 1 is 1.21 bits per heavy atom. The smallest absolute Gasteiger partial charge is 0.0952 e. The van der Waals surface area contributed by atoms with E-state index in [-0.39, 0.29) is 0 Å². The summed E-state index contributed by atoms with van der Waals surface area (Å²) >= 11 is 0. The minimum atomic E-state index is 0.456. The number of nitrogens with zero attached hydrogens (tertiary/aromatic N) is 3. The van der Waals surface area contributed by atoms with Crippen molar-refractivity contribution in [2.24, 2.45) is 22.0 Å². The van der Waals surface area contributed by atoms with Crippen molar-refractivity contribution >= 4 is 0 Å². The van der Waals surface area contributed by atoms with Crippen LogP contribution in [0.2, 0.25) is 0 Å². The van der Waals surface area contributed by atoms with Crippen LogP contribution in [0.1, 0.15) is 32.1 Å². The summed E-state index contributed by atoms with van der Waals surface area (Å²) in [7, 11) is 0. The molecule has 0 aromatic heterocycles. The van der Waals surface area contributed by atoms with E-state index in [0.717, 1.165) is 19.0 Å². The van der Waals surface area contributed by atoms with Crippen LogP contribution in [-0.2, 0) is 0 Å². The SMILES string of the molecule is NCC1CCC2C(C1)N=NN2C1CC1. The molecule has 0 bridgehead atoms. The maximum atomic E-state index is 5.71. The molecule has 2 N–H and O–H groups in total. The summed E-state index contributed by atoms with van der Waals surface area (Å²) < 4.78 is 0. The lowest BCUT2D eigenvalue weighted by atomic mass is 9.82. The molecule has 0 radical (unpaired) electrons. The van der Waals surface area contributed by atoms with Crippen LogP contribution in [0.15, 0.2) is 10.3 Å². The van der Waals surface area contributed by atoms with Gasteiger partial charge in [-0.1, -0.05) is 5.22 Å². The standard InChI is InChI=1S/C10H18N4/c11-6-7-1-4-10-9(5-7)12-13-14(10)8-2-3-8/h7-10H,1-6,11H2. The second kappa shape index (κ2) is 3.19. The van der Waals surface area contributed by atoms with Crippen molar-refractivity contribution in [3.63, 3.8) is 0 Å². The minimum Gasteiger partial charge on any atom is -0.330 e. The van der Waals surface area contributed by atoms with Gasteiger partial charge in [0.15, 0.2) is 0 Å². The number of hydrogen-bond acceptors (Lipinski definition) is 4. The van der Waals surface area contributed by atoms with Crippen molar-refractivity contribution in [1.82, 2.24) is 5.01 Å². The average molecular weight is 194 g/mol. The lowest BCUT2D eigenvalue weighted by Crippen LogP contribution is -2.41. The first-order chi connectivity index (χ1) is 6.88. The van der Waals surface area contributed by atoms with Crippen molar-refractivity contribution < 1.29 is 0 Å². The van der Waals surface area contributed by atoms with Gasteiger partial charge in [0, 0.05) is 6.04 Å². The van der Waals surface area contributed by atoms with E-state index in [1.54, 1.807) is 0 Å². The Kier molecular flexibility index (Phi) is 1.97. The molecule has 2 fully saturated rings. The van der Waals surface area contributed by atoms with E-state index in [2.05, 4.69) is 15.3 Å². The molecule has 1 aliphatic heterocycles. The highest BCUT2D eigenvalue weighted by Gasteiger charge is 2.43. The fourth-order valence-corrected chi connectivity index (χ4v) is 2.74. The van der Waals surface area contributed by atoms with Crippen molar-refractivity contribution in [3.8, 4) is 0 Å². The molecule has 0 spiro atoms. The molecule has 2 saturated carbocycles. The molecule has 0 amide bonds. The van der Waals surface area contributed by atoms with E-state index in [1.807, 2.05) is 0 Å². The molecule has 4 nitrogen and oxygen atoms in total. The van der Waals surface area contributed by atoms with E-state index < -0.39 is 0 Å². The molecule has 0 aromatic rings. The van der Waals surface area contributed by atoms with Gasteiger partial charge < -0.3 is 5.73 Å². The fraction of sp³-hybridized carbons (Fsp3) is 1.00. The molecular formula is C10H18N4. The molecule has 2 aliphatic carbocycles. The van der Waals surface area contributed by atoms with E-state index in [4.69, 9.17) is 5.73 Å². The Labute approximate surface area is 84.5 Å². The second-order valence-corrected chi connectivity index (χ2v) is 4.87. The highest BCUT2D eigenvalue weighted by molar-refractivity contribution is 4.97. The van der Waals surface area contributed by atoms with Crippen molar-refractivity contribution in [1.29, 1.82) is 0 Å². The molecule has 3 aliphatic rings. The van der Waals surface area contributed by atoms with Crippen LogP contribution in [0.3, 0.4) is 0 Å². The van der Waals surface area contributed by atoms with Gasteiger partial charge in [-0.3, -0.25) is 5.01 Å². The predicted octanol–water partition coefficient (Wildman–Crippen LogP) is 1.33. The third-order valence-electron chi connectivity index (χ3n) is 3.79. The Morgan fingerprint density at radius 2 is 2.07 bits per heavy atom. The maximum Gasteiger partial charge on any atom is 0.0952 e. The second-order valence-electron chi connectivity index (χ2n) is 4.87. The zero-order valence-corrected chi connectivity index (χ0v) is 8.47. The molecule has 0 saturated heterocycles. The maximum absolute atomic E-state index is 5.71. The van der Waals surface area contributed by atoms with Crippen LogP contribution < -0.4 is 5.73 Å². The molecule has 78 valence electrons. The quantitative estimate of drug-likeness (QED) is 0.721. The molecule has 4 heteroatoms. The van der Waals surface area contributed by atoms with Gasteiger partial charge in [-0.25, -0.2) is 0 Å². The summed E-state index contributed by atoms with van der Waals surface area (Å²) in [4.78, 5) is 0. The van der Waals surface area contributed by atoms with E-state index >= 15 is 0 Å². The summed E-state index contributed by atoms with van der Waals surface area (Å²) in [5.74, 6) is 0.689. The molecule has 1 heterocycles. The zero-order chi connectivity index (χ0) is 9.54. The first-order valence-electron chi connectivity index (χ1n) is 5.77. The third kappa shape index (κ3) is 1.32. The Hall–Kier alpha value is -0.640. The average Bonchev–Trinajstić information content (AvgIpc) is 2.98. The Balaban J connectivity index is 1.67. The van der Waals surface area contributed by atoms with Gasteiger partial charge in [0.1, 0.15) is 0 Å². The summed E-state index contributed by atoms with van der Waals surface area (Å²) in [6, 6.07) is 1.80. The highest BCUT2D eigenvalue weighted by atomic mass is 15.6. The largest absolute Gasteiger partial charge is 0.330 e. The number of hydrogen-bond donors (Lipinski definition) is 1. The van der Waals surface area contributed by atoms with Gasteiger partial charge in [0.2, 0.25) is 0 Å². The number of fused-ring (bicyclic) bond motifs is 1. The van der Waals surface area contributed by atoms with Gasteiger partial charge in [0.25, 0.3) is 0 Å². The van der Waals surface area contributed by atoms with Crippen molar-refractivity contribution in [2.75, 3.05) is 6.54 Å². The monoisotopic (exact) mass is 194 g/mol. The van der Waals surface area contributed by atoms with Gasteiger partial charge in [-0.15, -0.1) is 0 Å². The minimum absolute atomic E-state index is 0.456. The molecule has 14 heavy (non-hydrogen) atoms. The molecular weight excluding hydrogens is 176 g/mol. The Bertz CT molecular complexity index is 249. The van der Waals surface area contributed by atoms with Crippen LogP contribution in [0, 0.1) is 5.92 Å². The summed E-state index contributed by atoms with van der Waals surface area (Å²) in [5.41, 5.74) is 5.71. The lowest BCUT2D eigenvalue weighted by molar-refractivity contribution is 0.155. The van der Waals surface area contributed by atoms with Crippen molar-refractivity contribution in [3.05, 3.63) is 0 Å². The summed E-state index contributed by atoms with van der Waals surface area (Å²) in [5, 5.41) is 11.0. The zero-order valence-electron chi connectivity index (χ0n) is 8.47. The molecule has 3 unspecified atom stereocenters. The first kappa shape index (κ1) is 8.65. The van der Waals surface area contributed by atoms with Gasteiger partial charge in [0.05, 0.1) is 12.1 Å². The fourth-order valence-electron chi connectivity index (χ4n) is 2.74. The van der Waals surface area contributed by atoms with Gasteiger partial charge in [-0.05, 0) is 44.6 Å². The van der Waals surface area contributed by atoms with E-state index in [9.17, 15) is 0 Å². The normalized spacial score (nSPS) is 41.5. The molecule has 3 atom stereocenters. The van der Waals surface area contributed by atoms with E-state index in [0.29, 0.717) is 18.0 Å². The first-order valence-corrected chi connectivity index (χ1v) is 5.77. The highest BCUT2D eigenvalue weighted by Crippen LogP contribution is 2.39. The molecule has 3 rings (SSSR count). The van der Waals surface area contributed by atoms with Crippen LogP contribution in [-0.4, -0.2) is 29.7 Å². The number of nitrogens with two attached hydrogens (primary N) is 1. The number of rotatable bonds is 2. The summed E-state index contributed by atoms with van der Waals surface area (Å²) in [6.07, 6.45) is 6.32. The van der Waals surface area contributed by atoms with Crippen LogP contribution in [0.5, 0.6) is 0 Å². The topological polar surface area (TPSA) is 54.0 Å². The third-order valence-corrected chi connectivity index (χ3v) is 3.79. The van der Waals surface area contributed by atoms with Crippen LogP contribution >= 0.6 is 0 Å². The summed E-state index contributed by atoms with van der Waals surface area (Å²) in [6.45, 7) is 0.822. The predicted molar refractivity (Wildman–Crippen MR) is 53.7 cm³/mol.